The van der Waals surface area contributed by atoms with E-state index < -0.39 is 0 Å². The molecule has 0 aliphatic heterocycles. The van der Waals surface area contributed by atoms with Crippen molar-refractivity contribution in [3.63, 3.8) is 0 Å². The molecule has 0 saturated heterocycles. The summed E-state index contributed by atoms with van der Waals surface area (Å²) in [4.78, 5) is 3.91. The van der Waals surface area contributed by atoms with Crippen molar-refractivity contribution in [2.24, 2.45) is 4.99 Å². The Labute approximate surface area is 66.8 Å². The van der Waals surface area contributed by atoms with Gasteiger partial charge in [-0.15, -0.1) is 0 Å². The van der Waals surface area contributed by atoms with Gasteiger partial charge in [0.25, 0.3) is 0 Å². The normalized spacial score (nSPS) is 11.4. The molecular weight excluding hydrogens is 146 g/mol. The van der Waals surface area contributed by atoms with Crippen LogP contribution >= 0.6 is 0 Å². The Morgan fingerprint density at radius 1 is 1.36 bits per heavy atom. The van der Waals surface area contributed by atoms with Gasteiger partial charge in [-0.05, 0) is 13.8 Å². The van der Waals surface area contributed by atoms with E-state index in [0.717, 1.165) is 0 Å². The van der Waals surface area contributed by atoms with E-state index >= 15 is 0 Å². The number of rotatable bonds is 4. The average Bonchev–Trinajstić information content (AvgIpc) is 2.01. The van der Waals surface area contributed by atoms with Gasteiger partial charge in [0.1, 0.15) is 6.61 Å². The second-order valence-corrected chi connectivity index (χ2v) is 1.75. The third-order valence-electron chi connectivity index (χ3n) is 0.872. The van der Waals surface area contributed by atoms with Gasteiger partial charge in [0.15, 0.2) is 0 Å². The molecule has 4 nitrogen and oxygen atoms in total. The summed E-state index contributed by atoms with van der Waals surface area (Å²) >= 11 is 0. The standard InChI is InChI=1S/C7H15NO3/c1-3-8-7(10-4-2)11-6-5-9/h9H,3-6H2,1-2H3. The van der Waals surface area contributed by atoms with Crippen LogP contribution in [0.4, 0.5) is 0 Å². The maximum atomic E-state index is 8.42. The monoisotopic (exact) mass is 161 g/mol. The van der Waals surface area contributed by atoms with Crippen LogP contribution in [0.25, 0.3) is 0 Å². The number of aliphatic hydroxyl groups excluding tert-OH is 1. The first-order valence-corrected chi connectivity index (χ1v) is 3.76. The number of nitrogens with zero attached hydrogens (tertiary/aromatic N) is 1. The Kier molecular flexibility index (Phi) is 6.82. The molecule has 0 spiro atoms. The molecule has 0 bridgehead atoms. The van der Waals surface area contributed by atoms with Crippen molar-refractivity contribution < 1.29 is 14.6 Å². The molecule has 0 amide bonds. The summed E-state index contributed by atoms with van der Waals surface area (Å²) in [6.45, 7) is 5.12. The molecule has 0 fully saturated rings. The summed E-state index contributed by atoms with van der Waals surface area (Å²) in [5.74, 6) is 0. The number of aliphatic hydroxyl groups is 1. The SMILES string of the molecule is CCN=C(OCC)OCCO. The third kappa shape index (κ3) is 5.66. The molecular formula is C7H15NO3. The lowest BCUT2D eigenvalue weighted by Gasteiger charge is -2.06. The van der Waals surface area contributed by atoms with Crippen molar-refractivity contribution in [3.8, 4) is 0 Å². The Morgan fingerprint density at radius 3 is 2.55 bits per heavy atom. The molecule has 0 unspecified atom stereocenters. The minimum atomic E-state index is -0.0180. The van der Waals surface area contributed by atoms with Crippen LogP contribution < -0.4 is 0 Å². The van der Waals surface area contributed by atoms with Gasteiger partial charge in [-0.3, -0.25) is 0 Å². The number of hydrogen-bond acceptors (Lipinski definition) is 4. The van der Waals surface area contributed by atoms with E-state index in [1.165, 1.54) is 0 Å². The second kappa shape index (κ2) is 7.34. The summed E-state index contributed by atoms with van der Waals surface area (Å²) in [6.07, 6.45) is 0.268. The molecule has 0 aliphatic carbocycles. The predicted molar refractivity (Wildman–Crippen MR) is 42.6 cm³/mol. The van der Waals surface area contributed by atoms with Gasteiger partial charge < -0.3 is 14.6 Å². The Hall–Kier alpha value is -0.770. The first-order chi connectivity index (χ1) is 5.35. The van der Waals surface area contributed by atoms with E-state index in [0.29, 0.717) is 13.2 Å². The van der Waals surface area contributed by atoms with E-state index in [4.69, 9.17) is 14.6 Å². The van der Waals surface area contributed by atoms with Crippen molar-refractivity contribution in [2.75, 3.05) is 26.4 Å². The quantitative estimate of drug-likeness (QED) is 0.480. The molecule has 1 N–H and O–H groups in total. The van der Waals surface area contributed by atoms with Gasteiger partial charge in [-0.25, -0.2) is 4.99 Å². The summed E-state index contributed by atoms with van der Waals surface area (Å²) < 4.78 is 9.95. The molecule has 0 rings (SSSR count). The third-order valence-corrected chi connectivity index (χ3v) is 0.872. The second-order valence-electron chi connectivity index (χ2n) is 1.75. The fourth-order valence-electron chi connectivity index (χ4n) is 0.518. The topological polar surface area (TPSA) is 51.0 Å². The largest absolute Gasteiger partial charge is 0.451 e. The maximum Gasteiger partial charge on any atom is 0.383 e. The molecule has 0 saturated carbocycles. The molecule has 11 heavy (non-hydrogen) atoms. The lowest BCUT2D eigenvalue weighted by molar-refractivity contribution is 0.134. The van der Waals surface area contributed by atoms with Crippen LogP contribution in [0.2, 0.25) is 0 Å². The Balaban J connectivity index is 3.60. The van der Waals surface area contributed by atoms with E-state index in [9.17, 15) is 0 Å². The number of aliphatic imine (C=N–C) groups is 1. The number of ether oxygens (including phenoxy) is 2. The smallest absolute Gasteiger partial charge is 0.383 e. The van der Waals surface area contributed by atoms with Crippen LogP contribution in [-0.4, -0.2) is 37.6 Å². The molecule has 0 heterocycles. The van der Waals surface area contributed by atoms with Crippen molar-refractivity contribution in [1.82, 2.24) is 0 Å². The molecule has 0 atom stereocenters. The van der Waals surface area contributed by atoms with Gasteiger partial charge in [-0.1, -0.05) is 0 Å². The van der Waals surface area contributed by atoms with Crippen molar-refractivity contribution in [3.05, 3.63) is 0 Å². The van der Waals surface area contributed by atoms with Gasteiger partial charge in [0, 0.05) is 6.54 Å². The Bertz CT molecular complexity index is 114. The lowest BCUT2D eigenvalue weighted by Crippen LogP contribution is -2.12. The summed E-state index contributed by atoms with van der Waals surface area (Å²) in [5.41, 5.74) is 0. The highest BCUT2D eigenvalue weighted by molar-refractivity contribution is 5.66. The molecule has 0 aromatic carbocycles. The van der Waals surface area contributed by atoms with Gasteiger partial charge in [0.2, 0.25) is 0 Å². The number of hydrogen-bond donors (Lipinski definition) is 1. The fraction of sp³-hybridized carbons (Fsp3) is 0.857. The zero-order valence-corrected chi connectivity index (χ0v) is 7.04. The van der Waals surface area contributed by atoms with Crippen LogP contribution in [0.15, 0.2) is 4.99 Å². The van der Waals surface area contributed by atoms with Gasteiger partial charge >= 0.3 is 6.08 Å². The predicted octanol–water partition coefficient (Wildman–Crippen LogP) is 0.408. The van der Waals surface area contributed by atoms with Crippen molar-refractivity contribution in [2.45, 2.75) is 13.8 Å². The van der Waals surface area contributed by atoms with Crippen LogP contribution in [0.1, 0.15) is 13.8 Å². The van der Waals surface area contributed by atoms with E-state index in [2.05, 4.69) is 4.99 Å². The van der Waals surface area contributed by atoms with Gasteiger partial charge in [0.05, 0.1) is 13.2 Å². The summed E-state index contributed by atoms with van der Waals surface area (Å²) in [5, 5.41) is 8.42. The first-order valence-electron chi connectivity index (χ1n) is 3.76. The fourth-order valence-corrected chi connectivity index (χ4v) is 0.518. The van der Waals surface area contributed by atoms with Crippen LogP contribution in [0, 0.1) is 0 Å². The van der Waals surface area contributed by atoms with Crippen molar-refractivity contribution in [1.29, 1.82) is 0 Å². The maximum absolute atomic E-state index is 8.42. The highest BCUT2D eigenvalue weighted by atomic mass is 16.7. The minimum absolute atomic E-state index is 0.0180. The first kappa shape index (κ1) is 10.2. The summed E-state index contributed by atoms with van der Waals surface area (Å²) in [7, 11) is 0. The van der Waals surface area contributed by atoms with E-state index in [1.807, 2.05) is 13.8 Å². The highest BCUT2D eigenvalue weighted by Gasteiger charge is 1.97. The van der Waals surface area contributed by atoms with Gasteiger partial charge in [-0.2, -0.15) is 0 Å². The van der Waals surface area contributed by atoms with E-state index in [1.54, 1.807) is 0 Å². The van der Waals surface area contributed by atoms with Crippen LogP contribution in [0.3, 0.4) is 0 Å². The molecule has 0 aromatic heterocycles. The van der Waals surface area contributed by atoms with Crippen LogP contribution in [0.5, 0.6) is 0 Å². The summed E-state index contributed by atoms with van der Waals surface area (Å²) in [6, 6.07) is 0. The highest BCUT2D eigenvalue weighted by Crippen LogP contribution is 1.86. The van der Waals surface area contributed by atoms with E-state index in [-0.39, 0.29) is 19.3 Å². The average molecular weight is 161 g/mol. The molecule has 4 heteroatoms. The van der Waals surface area contributed by atoms with Crippen molar-refractivity contribution >= 4 is 6.08 Å². The Morgan fingerprint density at radius 2 is 2.09 bits per heavy atom. The van der Waals surface area contributed by atoms with Crippen LogP contribution in [-0.2, 0) is 9.47 Å². The zero-order valence-electron chi connectivity index (χ0n) is 7.04. The molecule has 66 valence electrons. The minimum Gasteiger partial charge on any atom is -0.451 e. The zero-order chi connectivity index (χ0) is 8.53. The molecule has 0 radical (unpaired) electrons. The molecule has 0 aromatic rings. The molecule has 0 aliphatic rings. The lowest BCUT2D eigenvalue weighted by atomic mass is 10.8.